The van der Waals surface area contributed by atoms with Gasteiger partial charge in [0.25, 0.3) is 11.6 Å². The molecule has 1 fully saturated rings. The highest BCUT2D eigenvalue weighted by atomic mass is 35.5. The molecule has 1 N–H and O–H groups in total. The molecule has 0 radical (unpaired) electrons. The van der Waals surface area contributed by atoms with Crippen molar-refractivity contribution < 1.29 is 14.5 Å². The van der Waals surface area contributed by atoms with Gasteiger partial charge in [-0.05, 0) is 31.2 Å². The molecule has 7 nitrogen and oxygen atoms in total. The number of rotatable bonds is 4. The summed E-state index contributed by atoms with van der Waals surface area (Å²) in [6.45, 7) is 4.27. The van der Waals surface area contributed by atoms with E-state index in [2.05, 4.69) is 10.2 Å². The molecule has 136 valence electrons. The van der Waals surface area contributed by atoms with Crippen LogP contribution in [0.2, 0.25) is 5.02 Å². The number of nitro groups is 1. The molecule has 0 unspecified atom stereocenters. The number of halogens is 1. The van der Waals surface area contributed by atoms with Gasteiger partial charge in [-0.25, -0.2) is 0 Å². The number of nitro benzene ring substituents is 1. The number of hydrogen-bond acceptors (Lipinski definition) is 5. The smallest absolute Gasteiger partial charge is 0.273 e. The number of benzene rings is 2. The lowest BCUT2D eigenvalue weighted by atomic mass is 10.1. The maximum atomic E-state index is 12.6. The molecule has 26 heavy (non-hydrogen) atoms. The lowest BCUT2D eigenvalue weighted by Gasteiger charge is -2.30. The van der Waals surface area contributed by atoms with Crippen LogP contribution >= 0.6 is 11.6 Å². The quantitative estimate of drug-likeness (QED) is 0.651. The molecule has 1 aliphatic rings. The van der Waals surface area contributed by atoms with E-state index in [4.69, 9.17) is 16.3 Å². The van der Waals surface area contributed by atoms with E-state index in [0.717, 1.165) is 5.69 Å². The molecular weight excluding hydrogens is 358 g/mol. The van der Waals surface area contributed by atoms with Crippen LogP contribution < -0.4 is 10.2 Å². The summed E-state index contributed by atoms with van der Waals surface area (Å²) in [7, 11) is 0. The number of nitrogens with one attached hydrogen (secondary N) is 1. The first-order valence-electron chi connectivity index (χ1n) is 8.14. The van der Waals surface area contributed by atoms with Crippen LogP contribution in [0.5, 0.6) is 0 Å². The monoisotopic (exact) mass is 375 g/mol. The minimum Gasteiger partial charge on any atom is -0.378 e. The van der Waals surface area contributed by atoms with Crippen molar-refractivity contribution in [1.29, 1.82) is 0 Å². The molecule has 0 bridgehead atoms. The van der Waals surface area contributed by atoms with Crippen molar-refractivity contribution in [2.75, 3.05) is 36.5 Å². The summed E-state index contributed by atoms with van der Waals surface area (Å²) in [5, 5.41) is 14.4. The Morgan fingerprint density at radius 2 is 1.96 bits per heavy atom. The van der Waals surface area contributed by atoms with Crippen LogP contribution in [-0.4, -0.2) is 37.1 Å². The van der Waals surface area contributed by atoms with Crippen LogP contribution in [0.4, 0.5) is 17.1 Å². The summed E-state index contributed by atoms with van der Waals surface area (Å²) in [5.74, 6) is -0.426. The molecule has 0 saturated carbocycles. The Hall–Kier alpha value is -2.64. The molecule has 3 rings (SSSR count). The molecule has 1 aliphatic heterocycles. The summed E-state index contributed by atoms with van der Waals surface area (Å²) in [5.41, 5.74) is 2.04. The van der Waals surface area contributed by atoms with Crippen LogP contribution in [0.3, 0.4) is 0 Å². The van der Waals surface area contributed by atoms with E-state index in [0.29, 0.717) is 42.6 Å². The highest BCUT2D eigenvalue weighted by molar-refractivity contribution is 6.31. The summed E-state index contributed by atoms with van der Waals surface area (Å²) >= 11 is 6.09. The number of anilines is 2. The predicted molar refractivity (Wildman–Crippen MR) is 100 cm³/mol. The Morgan fingerprint density at radius 3 is 2.65 bits per heavy atom. The minimum atomic E-state index is -0.495. The van der Waals surface area contributed by atoms with Crippen LogP contribution in [-0.2, 0) is 4.74 Å². The van der Waals surface area contributed by atoms with Gasteiger partial charge < -0.3 is 15.0 Å². The van der Waals surface area contributed by atoms with Crippen LogP contribution in [0.1, 0.15) is 15.9 Å². The second kappa shape index (κ2) is 7.72. The Balaban J connectivity index is 1.88. The van der Waals surface area contributed by atoms with Gasteiger partial charge in [-0.15, -0.1) is 0 Å². The normalized spacial score (nSPS) is 14.2. The van der Waals surface area contributed by atoms with Crippen molar-refractivity contribution in [2.45, 2.75) is 6.92 Å². The highest BCUT2D eigenvalue weighted by Gasteiger charge is 2.19. The molecule has 0 aromatic heterocycles. The third kappa shape index (κ3) is 3.95. The molecule has 1 amide bonds. The van der Waals surface area contributed by atoms with Gasteiger partial charge >= 0.3 is 0 Å². The van der Waals surface area contributed by atoms with Gasteiger partial charge in [-0.3, -0.25) is 14.9 Å². The number of nitrogens with zero attached hydrogens (tertiary/aromatic N) is 2. The van der Waals surface area contributed by atoms with Gasteiger partial charge in [0.15, 0.2) is 0 Å². The largest absolute Gasteiger partial charge is 0.378 e. The van der Waals surface area contributed by atoms with Crippen molar-refractivity contribution in [3.63, 3.8) is 0 Å². The molecule has 2 aromatic carbocycles. The first-order valence-corrected chi connectivity index (χ1v) is 8.52. The first kappa shape index (κ1) is 18.2. The van der Waals surface area contributed by atoms with E-state index in [-0.39, 0.29) is 11.3 Å². The fraction of sp³-hybridized carbons (Fsp3) is 0.278. The first-order chi connectivity index (χ1) is 12.5. The lowest BCUT2D eigenvalue weighted by molar-refractivity contribution is -0.385. The van der Waals surface area contributed by atoms with Gasteiger partial charge in [-0.1, -0.05) is 17.7 Å². The highest BCUT2D eigenvalue weighted by Crippen LogP contribution is 2.30. The molecule has 0 atom stereocenters. The van der Waals surface area contributed by atoms with E-state index >= 15 is 0 Å². The van der Waals surface area contributed by atoms with E-state index in [1.54, 1.807) is 31.2 Å². The van der Waals surface area contributed by atoms with E-state index in [9.17, 15) is 14.9 Å². The molecular formula is C18H18ClN3O4. The second-order valence-corrected chi connectivity index (χ2v) is 6.41. The predicted octanol–water partition coefficient (Wildman–Crippen LogP) is 3.65. The molecule has 1 heterocycles. The zero-order chi connectivity index (χ0) is 18.7. The zero-order valence-electron chi connectivity index (χ0n) is 14.2. The number of carbonyl (C=O) groups excluding carboxylic acids is 1. The fourth-order valence-corrected chi connectivity index (χ4v) is 3.00. The standard InChI is InChI=1S/C18H18ClN3O4/c1-12-2-3-13(10-17(12)22(24)25)18(23)20-15-11-14(19)4-5-16(15)21-6-8-26-9-7-21/h2-5,10-11H,6-9H2,1H3,(H,20,23). The van der Waals surface area contributed by atoms with Crippen LogP contribution in [0.15, 0.2) is 36.4 Å². The zero-order valence-corrected chi connectivity index (χ0v) is 15.0. The van der Waals surface area contributed by atoms with Crippen LogP contribution in [0, 0.1) is 17.0 Å². The molecule has 0 aliphatic carbocycles. The number of hydrogen-bond donors (Lipinski definition) is 1. The van der Waals surface area contributed by atoms with Gasteiger partial charge in [0, 0.05) is 35.3 Å². The molecule has 2 aromatic rings. The summed E-state index contributed by atoms with van der Waals surface area (Å²) < 4.78 is 5.36. The maximum absolute atomic E-state index is 12.6. The lowest BCUT2D eigenvalue weighted by Crippen LogP contribution is -2.36. The third-order valence-electron chi connectivity index (χ3n) is 4.23. The van der Waals surface area contributed by atoms with Crippen LogP contribution in [0.25, 0.3) is 0 Å². The molecule has 1 saturated heterocycles. The topological polar surface area (TPSA) is 84.7 Å². The van der Waals surface area contributed by atoms with E-state index < -0.39 is 10.8 Å². The Kier molecular flexibility index (Phi) is 5.39. The average molecular weight is 376 g/mol. The number of carbonyl (C=O) groups is 1. The number of morpholine rings is 1. The van der Waals surface area contributed by atoms with Gasteiger partial charge in [-0.2, -0.15) is 0 Å². The number of amides is 1. The summed E-state index contributed by atoms with van der Waals surface area (Å²) in [4.78, 5) is 25.3. The molecule has 0 spiro atoms. The Morgan fingerprint density at radius 1 is 1.23 bits per heavy atom. The SMILES string of the molecule is Cc1ccc(C(=O)Nc2cc(Cl)ccc2N2CCOCC2)cc1[N+](=O)[O-]. The summed E-state index contributed by atoms with van der Waals surface area (Å²) in [6.07, 6.45) is 0. The van der Waals surface area contributed by atoms with Crippen molar-refractivity contribution in [3.05, 3.63) is 62.7 Å². The molecule has 8 heteroatoms. The minimum absolute atomic E-state index is 0.0860. The average Bonchev–Trinajstić information content (AvgIpc) is 2.62. The van der Waals surface area contributed by atoms with Gasteiger partial charge in [0.2, 0.25) is 0 Å². The Bertz CT molecular complexity index is 850. The number of aryl methyl sites for hydroxylation is 1. The van der Waals surface area contributed by atoms with Crippen molar-refractivity contribution >= 4 is 34.6 Å². The Labute approximate surface area is 155 Å². The van der Waals surface area contributed by atoms with E-state index in [1.165, 1.54) is 6.07 Å². The van der Waals surface area contributed by atoms with Crippen molar-refractivity contribution in [2.24, 2.45) is 0 Å². The summed E-state index contributed by atoms with van der Waals surface area (Å²) in [6, 6.07) is 9.70. The fourth-order valence-electron chi connectivity index (χ4n) is 2.83. The third-order valence-corrected chi connectivity index (χ3v) is 4.46. The van der Waals surface area contributed by atoms with Gasteiger partial charge in [0.05, 0.1) is 29.5 Å². The number of ether oxygens (including phenoxy) is 1. The van der Waals surface area contributed by atoms with E-state index in [1.807, 2.05) is 6.07 Å². The van der Waals surface area contributed by atoms with Gasteiger partial charge in [0.1, 0.15) is 0 Å². The van der Waals surface area contributed by atoms with Crippen molar-refractivity contribution in [3.8, 4) is 0 Å². The maximum Gasteiger partial charge on any atom is 0.273 e. The van der Waals surface area contributed by atoms with Crippen molar-refractivity contribution in [1.82, 2.24) is 0 Å². The second-order valence-electron chi connectivity index (χ2n) is 5.97.